The molecule has 4 rings (SSSR count). The lowest BCUT2D eigenvalue weighted by Crippen LogP contribution is -2.49. The second-order valence-corrected chi connectivity index (χ2v) is 9.16. The van der Waals surface area contributed by atoms with Gasteiger partial charge in [0.1, 0.15) is 11.3 Å². The number of piperazine rings is 1. The Morgan fingerprint density at radius 3 is 2.89 bits per heavy atom. The van der Waals surface area contributed by atoms with Crippen molar-refractivity contribution in [3.63, 3.8) is 0 Å². The van der Waals surface area contributed by atoms with Crippen molar-refractivity contribution in [2.75, 3.05) is 66.1 Å². The molecule has 0 N–H and O–H groups in total. The summed E-state index contributed by atoms with van der Waals surface area (Å²) in [5.41, 5.74) is 0.176. The van der Waals surface area contributed by atoms with E-state index in [0.717, 1.165) is 50.6 Å². The summed E-state index contributed by atoms with van der Waals surface area (Å²) < 4.78 is 12.4. The molecule has 1 aromatic heterocycles. The number of aryl methyl sites for hydroxylation is 1. The quantitative estimate of drug-likeness (QED) is 0.765. The number of hydrogen-bond donors (Lipinski definition) is 0. The van der Waals surface area contributed by atoms with E-state index in [4.69, 9.17) is 9.47 Å². The molecule has 3 fully saturated rings. The molecule has 0 aliphatic carbocycles. The number of ether oxygens (including phenoxy) is 2. The Balaban J connectivity index is 1.38. The van der Waals surface area contributed by atoms with Crippen LogP contribution < -0.4 is 0 Å². The average Bonchev–Trinajstić information content (AvgIpc) is 3.19. The molecule has 1 spiro atoms. The van der Waals surface area contributed by atoms with Crippen LogP contribution in [0.3, 0.4) is 0 Å². The topological polar surface area (TPSA) is 58.1 Å². The van der Waals surface area contributed by atoms with Gasteiger partial charge in [0.15, 0.2) is 0 Å². The van der Waals surface area contributed by atoms with Gasteiger partial charge in [-0.1, -0.05) is 0 Å². The van der Waals surface area contributed by atoms with Crippen molar-refractivity contribution in [2.24, 2.45) is 0 Å². The largest absolute Gasteiger partial charge is 0.377 e. The van der Waals surface area contributed by atoms with Crippen LogP contribution in [-0.2, 0) is 9.47 Å². The highest BCUT2D eigenvalue weighted by molar-refractivity contribution is 7.09. The van der Waals surface area contributed by atoms with Gasteiger partial charge in [0.05, 0.1) is 30.9 Å². The first-order valence-electron chi connectivity index (χ1n) is 9.91. The van der Waals surface area contributed by atoms with Crippen LogP contribution >= 0.6 is 11.3 Å². The summed E-state index contributed by atoms with van der Waals surface area (Å²) in [6.07, 6.45) is 2.22. The van der Waals surface area contributed by atoms with E-state index in [1.165, 1.54) is 11.3 Å². The highest BCUT2D eigenvalue weighted by Gasteiger charge is 2.44. The van der Waals surface area contributed by atoms with E-state index in [1.54, 1.807) is 0 Å². The fraction of sp³-hybridized carbons (Fsp3) is 0.789. The third-order valence-corrected chi connectivity index (χ3v) is 6.64. The number of amides is 1. The predicted octanol–water partition coefficient (Wildman–Crippen LogP) is 1.09. The molecule has 3 aliphatic rings. The van der Waals surface area contributed by atoms with Gasteiger partial charge in [0.25, 0.3) is 5.91 Å². The molecule has 3 aliphatic heterocycles. The number of carbonyl (C=O) groups is 1. The SMILES string of the molecule is Cc1nc(C(=O)N2CCOCC3(CCC(CN4CCN(C)CC4)O3)C2)cs1. The Morgan fingerprint density at radius 1 is 1.33 bits per heavy atom. The summed E-state index contributed by atoms with van der Waals surface area (Å²) in [6.45, 7) is 9.70. The van der Waals surface area contributed by atoms with Crippen LogP contribution in [0.15, 0.2) is 5.38 Å². The second-order valence-electron chi connectivity index (χ2n) is 8.10. The molecule has 2 atom stereocenters. The van der Waals surface area contributed by atoms with Gasteiger partial charge >= 0.3 is 0 Å². The smallest absolute Gasteiger partial charge is 0.273 e. The Kier molecular flexibility index (Phi) is 5.80. The minimum Gasteiger partial charge on any atom is -0.377 e. The number of rotatable bonds is 3. The van der Waals surface area contributed by atoms with Crippen molar-refractivity contribution in [1.82, 2.24) is 19.7 Å². The van der Waals surface area contributed by atoms with Crippen LogP contribution in [0, 0.1) is 6.92 Å². The lowest BCUT2D eigenvalue weighted by atomic mass is 10.00. The summed E-state index contributed by atoms with van der Waals surface area (Å²) in [7, 11) is 2.18. The van der Waals surface area contributed by atoms with Crippen molar-refractivity contribution in [2.45, 2.75) is 31.5 Å². The first-order chi connectivity index (χ1) is 13.0. The second kappa shape index (κ2) is 8.13. The lowest BCUT2D eigenvalue weighted by molar-refractivity contribution is -0.0915. The third kappa shape index (κ3) is 4.51. The van der Waals surface area contributed by atoms with Crippen LogP contribution in [0.1, 0.15) is 28.3 Å². The lowest BCUT2D eigenvalue weighted by Gasteiger charge is -2.35. The molecule has 0 aromatic carbocycles. The predicted molar refractivity (Wildman–Crippen MR) is 104 cm³/mol. The summed E-state index contributed by atoms with van der Waals surface area (Å²) in [5.74, 6) is -0.00431. The van der Waals surface area contributed by atoms with Gasteiger partial charge in [-0.05, 0) is 26.8 Å². The molecular formula is C19H30N4O3S. The highest BCUT2D eigenvalue weighted by Crippen LogP contribution is 2.34. The van der Waals surface area contributed by atoms with E-state index in [1.807, 2.05) is 17.2 Å². The minimum atomic E-state index is -0.367. The molecule has 7 nitrogen and oxygen atoms in total. The molecule has 8 heteroatoms. The zero-order valence-corrected chi connectivity index (χ0v) is 17.2. The van der Waals surface area contributed by atoms with Crippen molar-refractivity contribution < 1.29 is 14.3 Å². The fourth-order valence-electron chi connectivity index (χ4n) is 4.27. The van der Waals surface area contributed by atoms with Crippen molar-refractivity contribution in [3.8, 4) is 0 Å². The first kappa shape index (κ1) is 19.3. The van der Waals surface area contributed by atoms with Crippen molar-refractivity contribution >= 4 is 17.2 Å². The number of thiazole rings is 1. The van der Waals surface area contributed by atoms with Crippen LogP contribution in [0.5, 0.6) is 0 Å². The van der Waals surface area contributed by atoms with Gasteiger partial charge in [-0.25, -0.2) is 4.98 Å². The van der Waals surface area contributed by atoms with Gasteiger partial charge in [0, 0.05) is 44.6 Å². The third-order valence-electron chi connectivity index (χ3n) is 5.87. The number of hydrogen-bond acceptors (Lipinski definition) is 7. The maximum absolute atomic E-state index is 12.9. The molecule has 1 amide bonds. The number of carbonyl (C=O) groups excluding carboxylic acids is 1. The summed E-state index contributed by atoms with van der Waals surface area (Å²) in [5, 5.41) is 2.77. The monoisotopic (exact) mass is 394 g/mol. The van der Waals surface area contributed by atoms with Crippen molar-refractivity contribution in [1.29, 1.82) is 0 Å². The molecule has 3 saturated heterocycles. The molecule has 27 heavy (non-hydrogen) atoms. The van der Waals surface area contributed by atoms with E-state index in [9.17, 15) is 4.79 Å². The maximum atomic E-state index is 12.9. The normalized spacial score (nSPS) is 30.7. The van der Waals surface area contributed by atoms with E-state index >= 15 is 0 Å². The maximum Gasteiger partial charge on any atom is 0.273 e. The molecular weight excluding hydrogens is 364 g/mol. The van der Waals surface area contributed by atoms with E-state index in [-0.39, 0.29) is 17.6 Å². The van der Waals surface area contributed by atoms with Gasteiger partial charge in [-0.15, -0.1) is 11.3 Å². The summed E-state index contributed by atoms with van der Waals surface area (Å²) in [4.78, 5) is 24.0. The average molecular weight is 395 g/mol. The van der Waals surface area contributed by atoms with E-state index in [0.29, 0.717) is 32.0 Å². The number of aromatic nitrogens is 1. The summed E-state index contributed by atoms with van der Waals surface area (Å²) >= 11 is 1.52. The van der Waals surface area contributed by atoms with Gasteiger partial charge < -0.3 is 19.3 Å². The Bertz CT molecular complexity index is 661. The highest BCUT2D eigenvalue weighted by atomic mass is 32.1. The standard InChI is InChI=1S/C19H30N4O3S/c1-15-20-17(12-27-15)18(24)23-9-10-25-14-19(13-23)4-3-16(26-19)11-22-7-5-21(2)6-8-22/h12,16H,3-11,13-14H2,1-2H3. The Morgan fingerprint density at radius 2 is 2.15 bits per heavy atom. The van der Waals surface area contributed by atoms with Gasteiger partial charge in [-0.3, -0.25) is 9.69 Å². The zero-order valence-electron chi connectivity index (χ0n) is 16.4. The molecule has 0 radical (unpaired) electrons. The molecule has 1 aromatic rings. The number of nitrogens with zero attached hydrogens (tertiary/aromatic N) is 4. The number of likely N-dealkylation sites (N-methyl/N-ethyl adjacent to an activating group) is 1. The van der Waals surface area contributed by atoms with Crippen molar-refractivity contribution in [3.05, 3.63) is 16.1 Å². The van der Waals surface area contributed by atoms with E-state index < -0.39 is 0 Å². The molecule has 0 bridgehead atoms. The first-order valence-corrected chi connectivity index (χ1v) is 10.8. The van der Waals surface area contributed by atoms with Crippen LogP contribution in [0.25, 0.3) is 0 Å². The molecule has 2 unspecified atom stereocenters. The molecule has 4 heterocycles. The van der Waals surface area contributed by atoms with Gasteiger partial charge in [0.2, 0.25) is 0 Å². The minimum absolute atomic E-state index is 0.00431. The fourth-order valence-corrected chi connectivity index (χ4v) is 4.85. The summed E-state index contributed by atoms with van der Waals surface area (Å²) in [6, 6.07) is 0. The Labute approximate surface area is 165 Å². The van der Waals surface area contributed by atoms with Crippen LogP contribution in [0.2, 0.25) is 0 Å². The van der Waals surface area contributed by atoms with Crippen LogP contribution in [-0.4, -0.2) is 103 Å². The van der Waals surface area contributed by atoms with E-state index in [2.05, 4.69) is 21.8 Å². The Hall–Kier alpha value is -1.06. The molecule has 150 valence electrons. The van der Waals surface area contributed by atoms with Crippen LogP contribution in [0.4, 0.5) is 0 Å². The zero-order chi connectivity index (χ0) is 18.9. The molecule has 0 saturated carbocycles. The van der Waals surface area contributed by atoms with Gasteiger partial charge in [-0.2, -0.15) is 0 Å².